The predicted octanol–water partition coefficient (Wildman–Crippen LogP) is 3.11. The van der Waals surface area contributed by atoms with Crippen LogP contribution in [0.2, 0.25) is 0 Å². The molecule has 114 valence electrons. The number of nitrogens with zero attached hydrogens (tertiary/aromatic N) is 2. The summed E-state index contributed by atoms with van der Waals surface area (Å²) < 4.78 is 5.37. The highest BCUT2D eigenvalue weighted by Crippen LogP contribution is 2.37. The molecule has 1 N–H and O–H groups in total. The minimum Gasteiger partial charge on any atom is -0.491 e. The van der Waals surface area contributed by atoms with Gasteiger partial charge >= 0.3 is 5.97 Å². The van der Waals surface area contributed by atoms with Gasteiger partial charge in [0.2, 0.25) is 0 Å². The third-order valence-electron chi connectivity index (χ3n) is 2.91. The Kier molecular flexibility index (Phi) is 4.57. The number of anilines is 2. The molecule has 0 unspecified atom stereocenters. The summed E-state index contributed by atoms with van der Waals surface area (Å²) in [6.45, 7) is 1.98. The maximum Gasteiger partial charge on any atom is 0.338 e. The second-order valence-electron chi connectivity index (χ2n) is 4.28. The van der Waals surface area contributed by atoms with E-state index in [0.717, 1.165) is 0 Å². The predicted molar refractivity (Wildman–Crippen MR) is 80.1 cm³/mol. The lowest BCUT2D eigenvalue weighted by molar-refractivity contribution is -0.483. The number of benzene rings is 2. The van der Waals surface area contributed by atoms with Crippen LogP contribution in [0.5, 0.6) is 5.75 Å². The number of hydrogen-bond donors (Lipinski definition) is 1. The topological polar surface area (TPSA) is 92.9 Å². The van der Waals surface area contributed by atoms with Gasteiger partial charge in [-0.15, -0.1) is 0 Å². The first-order chi connectivity index (χ1) is 10.6. The zero-order valence-electron chi connectivity index (χ0n) is 11.8. The van der Waals surface area contributed by atoms with E-state index in [1.54, 1.807) is 25.1 Å². The molecular formula is C15H14N2O5. The van der Waals surface area contributed by atoms with E-state index in [1.165, 1.54) is 30.3 Å². The molecule has 0 fully saturated rings. The van der Waals surface area contributed by atoms with Crippen molar-refractivity contribution in [2.75, 3.05) is 11.6 Å². The first-order valence-corrected chi connectivity index (χ1v) is 6.54. The number of ether oxygens (including phenoxy) is 1. The SMILES string of the molecule is CCOc1cccc(C(=O)O)c1N(c1ccccc1)[N+](=O)[O-]. The summed E-state index contributed by atoms with van der Waals surface area (Å²) in [5.41, 5.74) is -0.0679. The second-order valence-corrected chi connectivity index (χ2v) is 4.28. The van der Waals surface area contributed by atoms with Gasteiger partial charge in [-0.1, -0.05) is 29.3 Å². The van der Waals surface area contributed by atoms with Crippen LogP contribution in [0, 0.1) is 10.1 Å². The third kappa shape index (κ3) is 2.98. The molecule has 7 nitrogen and oxygen atoms in total. The molecule has 0 aliphatic carbocycles. The molecule has 0 aromatic heterocycles. The molecule has 0 aliphatic heterocycles. The summed E-state index contributed by atoms with van der Waals surface area (Å²) in [6.07, 6.45) is 0. The van der Waals surface area contributed by atoms with Crippen molar-refractivity contribution in [3.63, 3.8) is 0 Å². The van der Waals surface area contributed by atoms with E-state index in [-0.39, 0.29) is 29.3 Å². The number of para-hydroxylation sites is 2. The van der Waals surface area contributed by atoms with E-state index in [2.05, 4.69) is 0 Å². The Bertz CT molecular complexity index is 688. The fourth-order valence-corrected chi connectivity index (χ4v) is 2.06. The average molecular weight is 302 g/mol. The summed E-state index contributed by atoms with van der Waals surface area (Å²) in [6, 6.07) is 12.3. The van der Waals surface area contributed by atoms with Gasteiger partial charge in [-0.2, -0.15) is 0 Å². The van der Waals surface area contributed by atoms with Gasteiger partial charge < -0.3 is 9.84 Å². The quantitative estimate of drug-likeness (QED) is 0.651. The average Bonchev–Trinajstić information content (AvgIpc) is 2.49. The number of hydrogen-bond acceptors (Lipinski definition) is 4. The number of nitro groups is 1. The minimum absolute atomic E-state index is 0.104. The molecule has 2 rings (SSSR count). The van der Waals surface area contributed by atoms with Gasteiger partial charge in [0, 0.05) is 0 Å². The van der Waals surface area contributed by atoms with Crippen molar-refractivity contribution in [3.05, 3.63) is 64.2 Å². The van der Waals surface area contributed by atoms with E-state index in [0.29, 0.717) is 5.01 Å². The molecule has 0 radical (unpaired) electrons. The Morgan fingerprint density at radius 2 is 1.91 bits per heavy atom. The fourth-order valence-electron chi connectivity index (χ4n) is 2.06. The van der Waals surface area contributed by atoms with E-state index in [9.17, 15) is 20.0 Å². The molecule has 0 bridgehead atoms. The Hall–Kier alpha value is -3.09. The van der Waals surface area contributed by atoms with Crippen LogP contribution in [0.15, 0.2) is 48.5 Å². The Labute approximate surface area is 126 Å². The van der Waals surface area contributed by atoms with Crippen molar-refractivity contribution in [2.45, 2.75) is 6.92 Å². The van der Waals surface area contributed by atoms with Crippen molar-refractivity contribution in [1.29, 1.82) is 0 Å². The molecule has 7 heteroatoms. The number of carboxylic acids is 1. The van der Waals surface area contributed by atoms with Gasteiger partial charge in [-0.3, -0.25) is 0 Å². The largest absolute Gasteiger partial charge is 0.491 e. The van der Waals surface area contributed by atoms with Crippen molar-refractivity contribution in [1.82, 2.24) is 0 Å². The van der Waals surface area contributed by atoms with E-state index in [1.807, 2.05) is 0 Å². The minimum atomic E-state index is -1.26. The zero-order valence-corrected chi connectivity index (χ0v) is 11.8. The van der Waals surface area contributed by atoms with Crippen LogP contribution in [-0.2, 0) is 0 Å². The number of carbonyl (C=O) groups is 1. The Morgan fingerprint density at radius 1 is 1.23 bits per heavy atom. The maximum absolute atomic E-state index is 11.5. The van der Waals surface area contributed by atoms with E-state index < -0.39 is 11.0 Å². The molecule has 0 atom stereocenters. The van der Waals surface area contributed by atoms with Crippen LogP contribution in [0.1, 0.15) is 17.3 Å². The van der Waals surface area contributed by atoms with Gasteiger partial charge in [0.25, 0.3) is 0 Å². The van der Waals surface area contributed by atoms with Gasteiger partial charge in [0.1, 0.15) is 11.4 Å². The summed E-state index contributed by atoms with van der Waals surface area (Å²) >= 11 is 0. The van der Waals surface area contributed by atoms with E-state index >= 15 is 0 Å². The van der Waals surface area contributed by atoms with Crippen LogP contribution in [0.4, 0.5) is 11.4 Å². The molecular weight excluding hydrogens is 288 g/mol. The van der Waals surface area contributed by atoms with Crippen molar-refractivity contribution in [3.8, 4) is 5.75 Å². The fraction of sp³-hybridized carbons (Fsp3) is 0.133. The molecule has 0 spiro atoms. The lowest BCUT2D eigenvalue weighted by Gasteiger charge is -2.19. The second kappa shape index (κ2) is 6.57. The number of aromatic carboxylic acids is 1. The monoisotopic (exact) mass is 302 g/mol. The van der Waals surface area contributed by atoms with Gasteiger partial charge in [-0.25, -0.2) is 14.9 Å². The normalized spacial score (nSPS) is 10.0. The Balaban J connectivity index is 2.70. The number of carboxylic acid groups (broad SMARTS) is 1. The highest BCUT2D eigenvalue weighted by molar-refractivity contribution is 5.97. The Morgan fingerprint density at radius 3 is 2.45 bits per heavy atom. The van der Waals surface area contributed by atoms with Gasteiger partial charge in [0.05, 0.1) is 12.2 Å². The van der Waals surface area contributed by atoms with E-state index in [4.69, 9.17) is 4.74 Å². The molecule has 0 saturated heterocycles. The van der Waals surface area contributed by atoms with Crippen molar-refractivity contribution >= 4 is 17.3 Å². The summed E-state index contributed by atoms with van der Waals surface area (Å²) in [7, 11) is 0. The van der Waals surface area contributed by atoms with Gasteiger partial charge in [-0.05, 0) is 31.2 Å². The highest BCUT2D eigenvalue weighted by atomic mass is 16.7. The summed E-state index contributed by atoms with van der Waals surface area (Å²) in [5, 5.41) is 20.9. The van der Waals surface area contributed by atoms with Crippen LogP contribution < -0.4 is 9.75 Å². The van der Waals surface area contributed by atoms with Crippen molar-refractivity contribution < 1.29 is 19.7 Å². The zero-order chi connectivity index (χ0) is 16.1. The molecule has 2 aromatic carbocycles. The molecule has 0 heterocycles. The highest BCUT2D eigenvalue weighted by Gasteiger charge is 2.29. The molecule has 0 aliphatic rings. The summed E-state index contributed by atoms with van der Waals surface area (Å²) in [4.78, 5) is 22.9. The van der Waals surface area contributed by atoms with Crippen molar-refractivity contribution in [2.24, 2.45) is 0 Å². The van der Waals surface area contributed by atoms with Crippen LogP contribution in [0.25, 0.3) is 0 Å². The van der Waals surface area contributed by atoms with Gasteiger partial charge in [0.15, 0.2) is 10.7 Å². The van der Waals surface area contributed by atoms with Crippen LogP contribution in [0.3, 0.4) is 0 Å². The summed E-state index contributed by atoms with van der Waals surface area (Å²) in [5.74, 6) is -1.12. The third-order valence-corrected chi connectivity index (χ3v) is 2.91. The molecule has 2 aromatic rings. The molecule has 0 amide bonds. The first-order valence-electron chi connectivity index (χ1n) is 6.54. The molecule has 22 heavy (non-hydrogen) atoms. The number of hydrazine groups is 1. The molecule has 0 saturated carbocycles. The first kappa shape index (κ1) is 15.3. The van der Waals surface area contributed by atoms with Crippen LogP contribution in [-0.4, -0.2) is 22.7 Å². The lowest BCUT2D eigenvalue weighted by Crippen LogP contribution is -2.27. The standard InChI is InChI=1S/C15H14N2O5/c1-2-22-13-10-6-9-12(15(18)19)14(13)16(17(20)21)11-7-4-3-5-8-11/h3-10H,2H2,1H3,(H,18,19). The smallest absolute Gasteiger partial charge is 0.338 e. The van der Waals surface area contributed by atoms with Crippen LogP contribution >= 0.6 is 0 Å². The lowest BCUT2D eigenvalue weighted by atomic mass is 10.1. The number of rotatable bonds is 6. The maximum atomic E-state index is 11.5.